The maximum absolute atomic E-state index is 12.4. The molecule has 0 aromatic carbocycles. The van der Waals surface area contributed by atoms with Crippen LogP contribution in [0.4, 0.5) is 0 Å². The first kappa shape index (κ1) is 27.8. The van der Waals surface area contributed by atoms with Crippen molar-refractivity contribution >= 4 is 7.60 Å². The third-order valence-corrected chi connectivity index (χ3v) is 7.68. The zero-order valence-corrected chi connectivity index (χ0v) is 20.4. The third-order valence-electron chi connectivity index (χ3n) is 5.32. The number of nitrogens with zero attached hydrogens (tertiary/aromatic N) is 1. The molecule has 168 valence electrons. The van der Waals surface area contributed by atoms with Gasteiger partial charge in [-0.25, -0.2) is 0 Å². The highest BCUT2D eigenvalue weighted by Gasteiger charge is 2.41. The third kappa shape index (κ3) is 14.8. The Bertz CT molecular complexity index is 432. The molecule has 5 heteroatoms. The van der Waals surface area contributed by atoms with Crippen LogP contribution in [0.2, 0.25) is 0 Å². The fraction of sp³-hybridized carbons (Fsp3) is 0.913. The van der Waals surface area contributed by atoms with Gasteiger partial charge in [0.1, 0.15) is 0 Å². The van der Waals surface area contributed by atoms with Crippen molar-refractivity contribution in [1.29, 1.82) is 0 Å². The topological polar surface area (TPSA) is 46.5 Å². The van der Waals surface area contributed by atoms with Crippen molar-refractivity contribution in [3.63, 3.8) is 0 Å². The van der Waals surface area contributed by atoms with Gasteiger partial charge in [-0.1, -0.05) is 77.4 Å². The van der Waals surface area contributed by atoms with Crippen molar-refractivity contribution in [2.75, 3.05) is 27.7 Å². The smallest absolute Gasteiger partial charge is 0.320 e. The van der Waals surface area contributed by atoms with Crippen LogP contribution in [0.5, 0.6) is 0 Å². The standard InChI is InChI=1S/C23H48NO3P/c1-6-8-9-10-11-12-13-14-15-16-17-18-19-20-21-22-27-28(25,26)23(7-2)24(3,4)5/h14-15,23H,6-13,16-22H2,1-5H3/p+1/b15-14-. The Morgan fingerprint density at radius 3 is 1.75 bits per heavy atom. The van der Waals surface area contributed by atoms with E-state index < -0.39 is 7.60 Å². The molecule has 0 aromatic heterocycles. The Labute approximate surface area is 175 Å². The van der Waals surface area contributed by atoms with Crippen LogP contribution in [0.15, 0.2) is 12.2 Å². The number of allylic oxidation sites excluding steroid dienone is 2. The van der Waals surface area contributed by atoms with Crippen molar-refractivity contribution in [2.45, 2.75) is 110 Å². The van der Waals surface area contributed by atoms with E-state index in [2.05, 4.69) is 19.1 Å². The number of unbranched alkanes of at least 4 members (excludes halogenated alkanes) is 11. The van der Waals surface area contributed by atoms with Crippen LogP contribution in [0.1, 0.15) is 104 Å². The molecule has 2 atom stereocenters. The van der Waals surface area contributed by atoms with E-state index in [4.69, 9.17) is 4.52 Å². The molecule has 0 aliphatic rings. The van der Waals surface area contributed by atoms with E-state index in [0.717, 1.165) is 12.8 Å². The Morgan fingerprint density at radius 1 is 0.821 bits per heavy atom. The Hall–Kier alpha value is -0.150. The fourth-order valence-corrected chi connectivity index (χ4v) is 5.57. The fourth-order valence-electron chi connectivity index (χ4n) is 3.67. The van der Waals surface area contributed by atoms with E-state index >= 15 is 0 Å². The van der Waals surface area contributed by atoms with Crippen LogP contribution < -0.4 is 0 Å². The molecule has 0 amide bonds. The van der Waals surface area contributed by atoms with Gasteiger partial charge in [-0.15, -0.1) is 0 Å². The summed E-state index contributed by atoms with van der Waals surface area (Å²) >= 11 is 0. The van der Waals surface area contributed by atoms with Crippen LogP contribution in [0, 0.1) is 0 Å². The van der Waals surface area contributed by atoms with Gasteiger partial charge < -0.3 is 13.9 Å². The molecule has 1 N–H and O–H groups in total. The summed E-state index contributed by atoms with van der Waals surface area (Å²) < 4.78 is 18.3. The molecule has 0 bridgehead atoms. The van der Waals surface area contributed by atoms with E-state index in [1.54, 1.807) is 0 Å². The lowest BCUT2D eigenvalue weighted by molar-refractivity contribution is -0.883. The second kappa shape index (κ2) is 16.6. The van der Waals surface area contributed by atoms with Gasteiger partial charge in [-0.2, -0.15) is 0 Å². The first-order valence-corrected chi connectivity index (χ1v) is 13.3. The van der Waals surface area contributed by atoms with Gasteiger partial charge >= 0.3 is 7.60 Å². The molecular formula is C23H49NO3P+. The summed E-state index contributed by atoms with van der Waals surface area (Å²) in [6.07, 6.45) is 21.6. The van der Waals surface area contributed by atoms with Crippen molar-refractivity contribution in [3.05, 3.63) is 12.2 Å². The van der Waals surface area contributed by atoms with Gasteiger partial charge in [0.15, 0.2) is 5.78 Å². The van der Waals surface area contributed by atoms with Gasteiger partial charge in [0, 0.05) is 6.42 Å². The molecule has 0 spiro atoms. The van der Waals surface area contributed by atoms with Crippen molar-refractivity contribution < 1.29 is 18.5 Å². The first-order chi connectivity index (χ1) is 13.3. The van der Waals surface area contributed by atoms with Crippen LogP contribution in [-0.2, 0) is 9.09 Å². The number of hydrogen-bond donors (Lipinski definition) is 1. The second-order valence-corrected chi connectivity index (χ2v) is 11.0. The molecular weight excluding hydrogens is 369 g/mol. The molecule has 0 saturated heterocycles. The lowest BCUT2D eigenvalue weighted by Crippen LogP contribution is -2.44. The van der Waals surface area contributed by atoms with Gasteiger partial charge in [0.25, 0.3) is 0 Å². The van der Waals surface area contributed by atoms with E-state index in [1.165, 1.54) is 70.6 Å². The first-order valence-electron chi connectivity index (χ1n) is 11.7. The SMILES string of the molecule is CCCCCCCC/C=C\CCCCCCCOP(=O)(O)C(CC)[N+](C)(C)C. The molecule has 0 fully saturated rings. The molecule has 0 saturated carbocycles. The number of rotatable bonds is 19. The molecule has 28 heavy (non-hydrogen) atoms. The molecule has 0 rings (SSSR count). The largest absolute Gasteiger partial charge is 0.385 e. The van der Waals surface area contributed by atoms with Crippen LogP contribution in [0.3, 0.4) is 0 Å². The van der Waals surface area contributed by atoms with Crippen LogP contribution in [0.25, 0.3) is 0 Å². The lowest BCUT2D eigenvalue weighted by Gasteiger charge is -2.35. The van der Waals surface area contributed by atoms with Crippen molar-refractivity contribution in [1.82, 2.24) is 0 Å². The monoisotopic (exact) mass is 418 g/mol. The van der Waals surface area contributed by atoms with Gasteiger partial charge in [-0.3, -0.25) is 4.57 Å². The molecule has 2 unspecified atom stereocenters. The zero-order chi connectivity index (χ0) is 21.3. The highest BCUT2D eigenvalue weighted by atomic mass is 31.2. The summed E-state index contributed by atoms with van der Waals surface area (Å²) in [4.78, 5) is 10.2. The van der Waals surface area contributed by atoms with Crippen molar-refractivity contribution in [2.24, 2.45) is 0 Å². The van der Waals surface area contributed by atoms with Crippen LogP contribution >= 0.6 is 7.60 Å². The van der Waals surface area contributed by atoms with E-state index in [9.17, 15) is 9.46 Å². The second-order valence-electron chi connectivity index (χ2n) is 8.99. The summed E-state index contributed by atoms with van der Waals surface area (Å²) in [5.41, 5.74) is 0. The quantitative estimate of drug-likeness (QED) is 0.104. The summed E-state index contributed by atoms with van der Waals surface area (Å²) in [6, 6.07) is 0. The maximum atomic E-state index is 12.4. The van der Waals surface area contributed by atoms with Gasteiger partial charge in [0.2, 0.25) is 0 Å². The molecule has 4 nitrogen and oxygen atoms in total. The van der Waals surface area contributed by atoms with E-state index in [0.29, 0.717) is 17.5 Å². The van der Waals surface area contributed by atoms with Gasteiger partial charge in [-0.05, 0) is 32.1 Å². The number of hydrogen-bond acceptors (Lipinski definition) is 2. The summed E-state index contributed by atoms with van der Waals surface area (Å²) in [5.74, 6) is -0.351. The minimum Gasteiger partial charge on any atom is -0.320 e. The highest BCUT2D eigenvalue weighted by Crippen LogP contribution is 2.51. The molecule has 0 aliphatic carbocycles. The predicted molar refractivity (Wildman–Crippen MR) is 123 cm³/mol. The Kier molecular flexibility index (Phi) is 16.5. The summed E-state index contributed by atoms with van der Waals surface area (Å²) in [6.45, 7) is 4.60. The predicted octanol–water partition coefficient (Wildman–Crippen LogP) is 7.28. The van der Waals surface area contributed by atoms with Crippen LogP contribution in [-0.4, -0.2) is 42.9 Å². The van der Waals surface area contributed by atoms with Gasteiger partial charge in [0.05, 0.1) is 27.7 Å². The lowest BCUT2D eigenvalue weighted by atomic mass is 10.1. The molecule has 0 heterocycles. The maximum Gasteiger partial charge on any atom is 0.385 e. The minimum atomic E-state index is -3.55. The summed E-state index contributed by atoms with van der Waals surface area (Å²) in [7, 11) is 2.29. The highest BCUT2D eigenvalue weighted by molar-refractivity contribution is 7.53. The minimum absolute atomic E-state index is 0.351. The number of quaternary nitrogens is 1. The average Bonchev–Trinajstić information content (AvgIpc) is 2.60. The average molecular weight is 419 g/mol. The van der Waals surface area contributed by atoms with Crippen molar-refractivity contribution in [3.8, 4) is 0 Å². The molecule has 0 radical (unpaired) electrons. The van der Waals surface area contributed by atoms with E-state index in [1.807, 2.05) is 28.1 Å². The molecule has 0 aromatic rings. The normalized spacial score (nSPS) is 15.8. The zero-order valence-electron chi connectivity index (χ0n) is 19.5. The summed E-state index contributed by atoms with van der Waals surface area (Å²) in [5, 5.41) is 0. The molecule has 0 aliphatic heterocycles. The Balaban J connectivity index is 3.57. The Morgan fingerprint density at radius 2 is 1.29 bits per heavy atom. The van der Waals surface area contributed by atoms with E-state index in [-0.39, 0.29) is 5.78 Å².